The maximum atomic E-state index is 12.4. The van der Waals surface area contributed by atoms with Gasteiger partial charge in [-0.05, 0) is 25.0 Å². The standard InChI is InChI=1S/C14H15N3O2/c15-9-6-7-10(16)12-11(9)13(18)17(14(12)19)8-4-2-1-3-5-8/h1-5,11-13,15-16,18H,6-7H2. The zero-order valence-electron chi connectivity index (χ0n) is 10.3. The Bertz CT molecular complexity index is 555. The van der Waals surface area contributed by atoms with Crippen LogP contribution < -0.4 is 4.90 Å². The van der Waals surface area contributed by atoms with Crippen LogP contribution in [0.1, 0.15) is 12.8 Å². The van der Waals surface area contributed by atoms with Crippen molar-refractivity contribution in [2.45, 2.75) is 19.1 Å². The first kappa shape index (κ1) is 12.0. The highest BCUT2D eigenvalue weighted by molar-refractivity contribution is 6.17. The van der Waals surface area contributed by atoms with Crippen molar-refractivity contribution in [3.63, 3.8) is 0 Å². The van der Waals surface area contributed by atoms with E-state index >= 15 is 0 Å². The zero-order chi connectivity index (χ0) is 13.6. The molecule has 0 radical (unpaired) electrons. The molecule has 0 bridgehead atoms. The van der Waals surface area contributed by atoms with Crippen molar-refractivity contribution in [2.75, 3.05) is 4.90 Å². The number of rotatable bonds is 1. The first-order valence-electron chi connectivity index (χ1n) is 6.32. The number of nitrogens with zero attached hydrogens (tertiary/aromatic N) is 1. The summed E-state index contributed by atoms with van der Waals surface area (Å²) in [5.41, 5.74) is 1.33. The highest BCUT2D eigenvalue weighted by Gasteiger charge is 2.53. The number of nitrogens with one attached hydrogen (secondary N) is 2. The van der Waals surface area contributed by atoms with Crippen LogP contribution in [-0.4, -0.2) is 28.7 Å². The molecule has 0 aromatic heterocycles. The van der Waals surface area contributed by atoms with Crippen molar-refractivity contribution in [1.82, 2.24) is 0 Å². The molecule has 2 aliphatic rings. The predicted octanol–water partition coefficient (Wildman–Crippen LogP) is 1.42. The molecule has 1 aliphatic heterocycles. The summed E-state index contributed by atoms with van der Waals surface area (Å²) < 4.78 is 0. The molecule has 1 saturated heterocycles. The van der Waals surface area contributed by atoms with Crippen molar-refractivity contribution in [3.05, 3.63) is 30.3 Å². The van der Waals surface area contributed by atoms with E-state index in [0.717, 1.165) is 0 Å². The fraction of sp³-hybridized carbons (Fsp3) is 0.357. The fourth-order valence-corrected chi connectivity index (χ4v) is 2.97. The van der Waals surface area contributed by atoms with Gasteiger partial charge in [-0.1, -0.05) is 18.2 Å². The molecular formula is C14H15N3O2. The van der Waals surface area contributed by atoms with Crippen LogP contribution in [-0.2, 0) is 4.79 Å². The summed E-state index contributed by atoms with van der Waals surface area (Å²) in [4.78, 5) is 13.8. The smallest absolute Gasteiger partial charge is 0.238 e. The van der Waals surface area contributed by atoms with Gasteiger partial charge in [0.1, 0.15) is 6.23 Å². The Morgan fingerprint density at radius 2 is 1.74 bits per heavy atom. The van der Waals surface area contributed by atoms with Crippen LogP contribution >= 0.6 is 0 Å². The van der Waals surface area contributed by atoms with Gasteiger partial charge in [0.15, 0.2) is 0 Å². The van der Waals surface area contributed by atoms with Crippen molar-refractivity contribution >= 4 is 23.0 Å². The van der Waals surface area contributed by atoms with Crippen LogP contribution in [0.4, 0.5) is 5.69 Å². The monoisotopic (exact) mass is 257 g/mol. The van der Waals surface area contributed by atoms with E-state index in [0.29, 0.717) is 30.0 Å². The number of carbonyl (C=O) groups is 1. The molecule has 1 aliphatic carbocycles. The van der Waals surface area contributed by atoms with Gasteiger partial charge in [-0.3, -0.25) is 9.69 Å². The van der Waals surface area contributed by atoms with E-state index in [1.54, 1.807) is 24.3 Å². The third kappa shape index (κ3) is 1.69. The molecule has 1 heterocycles. The number of amides is 1. The van der Waals surface area contributed by atoms with Gasteiger partial charge >= 0.3 is 0 Å². The summed E-state index contributed by atoms with van der Waals surface area (Å²) in [6.07, 6.45) is -0.123. The van der Waals surface area contributed by atoms with Crippen LogP contribution in [0.5, 0.6) is 0 Å². The molecule has 5 nitrogen and oxygen atoms in total. The second-order valence-corrected chi connectivity index (χ2v) is 5.01. The molecule has 1 aromatic rings. The van der Waals surface area contributed by atoms with Crippen molar-refractivity contribution in [1.29, 1.82) is 10.8 Å². The molecule has 19 heavy (non-hydrogen) atoms. The van der Waals surface area contributed by atoms with Gasteiger partial charge in [0.2, 0.25) is 5.91 Å². The average molecular weight is 257 g/mol. The van der Waals surface area contributed by atoms with Crippen molar-refractivity contribution < 1.29 is 9.90 Å². The number of aliphatic hydroxyl groups excluding tert-OH is 1. The van der Waals surface area contributed by atoms with Gasteiger partial charge < -0.3 is 15.9 Å². The molecule has 3 rings (SSSR count). The number of carbonyl (C=O) groups excluding carboxylic acids is 1. The third-order valence-corrected chi connectivity index (χ3v) is 3.92. The molecule has 5 heteroatoms. The molecule has 3 atom stereocenters. The molecule has 1 amide bonds. The van der Waals surface area contributed by atoms with Gasteiger partial charge in [-0.25, -0.2) is 0 Å². The molecule has 3 unspecified atom stereocenters. The molecule has 2 fully saturated rings. The van der Waals surface area contributed by atoms with Gasteiger partial charge in [-0.2, -0.15) is 0 Å². The van der Waals surface area contributed by atoms with Crippen molar-refractivity contribution in [3.8, 4) is 0 Å². The Hall–Kier alpha value is -2.01. The van der Waals surface area contributed by atoms with Gasteiger partial charge in [0.05, 0.1) is 11.8 Å². The van der Waals surface area contributed by atoms with E-state index in [9.17, 15) is 9.90 Å². The minimum absolute atomic E-state index is 0.266. The summed E-state index contributed by atoms with van der Waals surface area (Å²) in [5.74, 6) is -1.48. The van der Waals surface area contributed by atoms with Crippen LogP contribution in [0.25, 0.3) is 0 Å². The Labute approximate surface area is 110 Å². The number of anilines is 1. The quantitative estimate of drug-likeness (QED) is 0.710. The fourth-order valence-electron chi connectivity index (χ4n) is 2.97. The summed E-state index contributed by atoms with van der Waals surface area (Å²) >= 11 is 0. The van der Waals surface area contributed by atoms with Gasteiger partial charge in [0, 0.05) is 17.1 Å². The number of hydrogen-bond donors (Lipinski definition) is 3. The first-order valence-corrected chi connectivity index (χ1v) is 6.32. The molecule has 98 valence electrons. The second kappa shape index (κ2) is 4.28. The Morgan fingerprint density at radius 1 is 1.11 bits per heavy atom. The molecule has 1 aromatic carbocycles. The Morgan fingerprint density at radius 3 is 2.37 bits per heavy atom. The molecule has 1 saturated carbocycles. The Kier molecular flexibility index (Phi) is 2.71. The van der Waals surface area contributed by atoms with E-state index in [2.05, 4.69) is 0 Å². The van der Waals surface area contributed by atoms with E-state index in [1.807, 2.05) is 6.07 Å². The van der Waals surface area contributed by atoms with Crippen LogP contribution in [0.15, 0.2) is 30.3 Å². The first-order chi connectivity index (χ1) is 9.11. The number of aliphatic hydroxyl groups is 1. The Balaban J connectivity index is 2.03. The second-order valence-electron chi connectivity index (χ2n) is 5.01. The molecule has 0 spiro atoms. The average Bonchev–Trinajstić information content (AvgIpc) is 2.68. The van der Waals surface area contributed by atoms with Crippen LogP contribution in [0, 0.1) is 22.7 Å². The maximum absolute atomic E-state index is 12.4. The molecule has 3 N–H and O–H groups in total. The predicted molar refractivity (Wildman–Crippen MR) is 71.6 cm³/mol. The number of para-hydroxylation sites is 1. The highest BCUT2D eigenvalue weighted by Crippen LogP contribution is 2.39. The van der Waals surface area contributed by atoms with Crippen LogP contribution in [0.2, 0.25) is 0 Å². The molecular weight excluding hydrogens is 242 g/mol. The summed E-state index contributed by atoms with van der Waals surface area (Å²) in [6, 6.07) is 8.95. The summed E-state index contributed by atoms with van der Waals surface area (Å²) in [7, 11) is 0. The van der Waals surface area contributed by atoms with E-state index in [4.69, 9.17) is 10.8 Å². The van der Waals surface area contributed by atoms with E-state index in [-0.39, 0.29) is 5.91 Å². The number of fused-ring (bicyclic) bond motifs is 1. The summed E-state index contributed by atoms with van der Waals surface area (Å²) in [6.45, 7) is 0. The topological polar surface area (TPSA) is 88.2 Å². The number of benzene rings is 1. The lowest BCUT2D eigenvalue weighted by atomic mass is 9.78. The lowest BCUT2D eigenvalue weighted by Gasteiger charge is -2.26. The van der Waals surface area contributed by atoms with Crippen LogP contribution in [0.3, 0.4) is 0 Å². The van der Waals surface area contributed by atoms with E-state index in [1.165, 1.54) is 4.90 Å². The highest BCUT2D eigenvalue weighted by atomic mass is 16.3. The van der Waals surface area contributed by atoms with E-state index < -0.39 is 18.1 Å². The minimum Gasteiger partial charge on any atom is -0.372 e. The normalized spacial score (nSPS) is 30.7. The minimum atomic E-state index is -1.03. The lowest BCUT2D eigenvalue weighted by Crippen LogP contribution is -2.38. The maximum Gasteiger partial charge on any atom is 0.238 e. The third-order valence-electron chi connectivity index (χ3n) is 3.92. The summed E-state index contributed by atoms with van der Waals surface area (Å²) in [5, 5.41) is 26.2. The van der Waals surface area contributed by atoms with Crippen molar-refractivity contribution in [2.24, 2.45) is 11.8 Å². The van der Waals surface area contributed by atoms with Gasteiger partial charge in [-0.15, -0.1) is 0 Å². The largest absolute Gasteiger partial charge is 0.372 e. The zero-order valence-corrected chi connectivity index (χ0v) is 10.3. The lowest BCUT2D eigenvalue weighted by molar-refractivity contribution is -0.119. The SMILES string of the molecule is N=C1CCC(=N)C2C1C(=O)N(c1ccccc1)C2O. The van der Waals surface area contributed by atoms with Gasteiger partial charge in [0.25, 0.3) is 0 Å². The number of hydrogen-bond acceptors (Lipinski definition) is 4.